The molecule has 3 rings (SSSR count). The van der Waals surface area contributed by atoms with Gasteiger partial charge < -0.3 is 14.0 Å². The second-order valence-corrected chi connectivity index (χ2v) is 8.10. The summed E-state index contributed by atoms with van der Waals surface area (Å²) in [5.74, 6) is 0.414. The van der Waals surface area contributed by atoms with Crippen molar-refractivity contribution >= 4 is 17.2 Å². The molecule has 0 N–H and O–H groups in total. The van der Waals surface area contributed by atoms with Crippen LogP contribution < -0.4 is 9.54 Å². The summed E-state index contributed by atoms with van der Waals surface area (Å²) in [6.07, 6.45) is 0.800. The number of para-hydroxylation sites is 1. The van der Waals surface area contributed by atoms with E-state index in [0.717, 1.165) is 22.6 Å². The van der Waals surface area contributed by atoms with Crippen LogP contribution in [0, 0.1) is 13.8 Å². The minimum atomic E-state index is -0.285. The van der Waals surface area contributed by atoms with Gasteiger partial charge in [0.25, 0.3) is 5.91 Å². The van der Waals surface area contributed by atoms with Crippen molar-refractivity contribution in [3.63, 3.8) is 0 Å². The molecule has 0 saturated carbocycles. The molecule has 0 unspecified atom stereocenters. The highest BCUT2D eigenvalue weighted by molar-refractivity contribution is 7.09. The molecular weight excluding hydrogens is 336 g/mol. The molecule has 0 spiro atoms. The monoisotopic (exact) mass is 360 g/mol. The van der Waals surface area contributed by atoms with Gasteiger partial charge in [0.05, 0.1) is 12.2 Å². The van der Waals surface area contributed by atoms with Crippen molar-refractivity contribution in [2.75, 3.05) is 13.7 Å². The van der Waals surface area contributed by atoms with Crippen molar-refractivity contribution in [2.45, 2.75) is 46.3 Å². The van der Waals surface area contributed by atoms with Gasteiger partial charge in [0, 0.05) is 30.6 Å². The molecule has 2 heterocycles. The normalized spacial score (nSPS) is 16.0. The number of hydrogen-bond donors (Lipinski definition) is 0. The molecule has 1 aromatic carbocycles. The third kappa shape index (κ3) is 3.55. The molecule has 1 aliphatic rings. The summed E-state index contributed by atoms with van der Waals surface area (Å²) in [6, 6.07) is 5.70. The number of methoxy groups -OCH3 is 1. The Morgan fingerprint density at radius 2 is 2.16 bits per heavy atom. The fourth-order valence-corrected chi connectivity index (χ4v) is 4.06. The van der Waals surface area contributed by atoms with E-state index in [0.29, 0.717) is 29.3 Å². The fourth-order valence-electron chi connectivity index (χ4n) is 3.06. The summed E-state index contributed by atoms with van der Waals surface area (Å²) in [7, 11) is 1.67. The van der Waals surface area contributed by atoms with Crippen molar-refractivity contribution in [1.29, 1.82) is 0 Å². The number of rotatable bonds is 4. The number of benzene rings is 1. The predicted octanol–water partition coefficient (Wildman–Crippen LogP) is 3.27. The van der Waals surface area contributed by atoms with E-state index in [1.54, 1.807) is 13.2 Å². The van der Waals surface area contributed by atoms with Crippen LogP contribution in [-0.4, -0.2) is 29.8 Å². The second-order valence-electron chi connectivity index (χ2n) is 6.92. The van der Waals surface area contributed by atoms with Crippen molar-refractivity contribution in [3.8, 4) is 5.75 Å². The minimum Gasteiger partial charge on any atom is -0.486 e. The average molecular weight is 360 g/mol. The van der Waals surface area contributed by atoms with E-state index in [1.807, 2.05) is 44.4 Å². The number of amides is 1. The summed E-state index contributed by atoms with van der Waals surface area (Å²) in [5.41, 5.74) is 2.43. The van der Waals surface area contributed by atoms with Crippen molar-refractivity contribution in [1.82, 2.24) is 4.57 Å². The first-order valence-corrected chi connectivity index (χ1v) is 9.20. The molecule has 1 amide bonds. The Balaban J connectivity index is 2.01. The third-order valence-electron chi connectivity index (χ3n) is 4.43. The third-order valence-corrected chi connectivity index (χ3v) is 5.52. The largest absolute Gasteiger partial charge is 0.486 e. The first kappa shape index (κ1) is 17.9. The summed E-state index contributed by atoms with van der Waals surface area (Å²) in [4.78, 5) is 19.1. The lowest BCUT2D eigenvalue weighted by Crippen LogP contribution is -2.25. The molecule has 5 nitrogen and oxygen atoms in total. The summed E-state index contributed by atoms with van der Waals surface area (Å²) >= 11 is 1.53. The van der Waals surface area contributed by atoms with E-state index < -0.39 is 0 Å². The Kier molecular flexibility index (Phi) is 4.84. The summed E-state index contributed by atoms with van der Waals surface area (Å²) in [5, 5.41) is 0. The molecule has 0 radical (unpaired) electrons. The molecule has 25 heavy (non-hydrogen) atoms. The van der Waals surface area contributed by atoms with E-state index in [2.05, 4.69) is 4.99 Å². The Bertz CT molecular complexity index is 877. The van der Waals surface area contributed by atoms with E-state index in [4.69, 9.17) is 9.47 Å². The first-order valence-electron chi connectivity index (χ1n) is 8.38. The molecule has 134 valence electrons. The molecule has 1 aliphatic heterocycles. The van der Waals surface area contributed by atoms with E-state index in [9.17, 15) is 4.79 Å². The number of hydrogen-bond acceptors (Lipinski definition) is 4. The standard InChI is InChI=1S/C19H24N2O3S/c1-12-13(2)25-18(21(12)9-10-23-5)20-17(22)15-8-6-7-14-11-19(3,4)24-16(14)15/h6-8H,9-11H2,1-5H3. The average Bonchev–Trinajstić information content (AvgIpc) is 3.00. The number of thiazole rings is 1. The number of aromatic nitrogens is 1. The highest BCUT2D eigenvalue weighted by Crippen LogP contribution is 2.37. The lowest BCUT2D eigenvalue weighted by molar-refractivity contribution is 0.0982. The zero-order valence-corrected chi connectivity index (χ0v) is 16.2. The topological polar surface area (TPSA) is 52.8 Å². The molecule has 0 saturated heterocycles. The van der Waals surface area contributed by atoms with Gasteiger partial charge in [-0.2, -0.15) is 4.99 Å². The van der Waals surface area contributed by atoms with Gasteiger partial charge in [0.2, 0.25) is 0 Å². The number of carbonyl (C=O) groups excluding carboxylic acids is 1. The maximum Gasteiger partial charge on any atom is 0.283 e. The highest BCUT2D eigenvalue weighted by Gasteiger charge is 2.33. The Morgan fingerprint density at radius 3 is 2.88 bits per heavy atom. The Morgan fingerprint density at radius 1 is 1.40 bits per heavy atom. The molecule has 6 heteroatoms. The van der Waals surface area contributed by atoms with Crippen LogP contribution in [0.3, 0.4) is 0 Å². The van der Waals surface area contributed by atoms with Gasteiger partial charge in [-0.1, -0.05) is 12.1 Å². The predicted molar refractivity (Wildman–Crippen MR) is 98.4 cm³/mol. The van der Waals surface area contributed by atoms with Gasteiger partial charge in [-0.05, 0) is 39.3 Å². The zero-order valence-electron chi connectivity index (χ0n) is 15.4. The maximum absolute atomic E-state index is 12.8. The molecule has 1 aromatic heterocycles. The highest BCUT2D eigenvalue weighted by atomic mass is 32.1. The van der Waals surface area contributed by atoms with Crippen LogP contribution in [0.15, 0.2) is 23.2 Å². The Hall–Kier alpha value is -1.92. The van der Waals surface area contributed by atoms with Gasteiger partial charge in [-0.15, -0.1) is 11.3 Å². The number of carbonyl (C=O) groups is 1. The molecule has 0 aliphatic carbocycles. The zero-order chi connectivity index (χ0) is 18.2. The molecule has 0 atom stereocenters. The van der Waals surface area contributed by atoms with E-state index in [1.165, 1.54) is 11.3 Å². The lowest BCUT2D eigenvalue weighted by Gasteiger charge is -2.17. The van der Waals surface area contributed by atoms with Crippen LogP contribution in [0.4, 0.5) is 0 Å². The van der Waals surface area contributed by atoms with Gasteiger partial charge >= 0.3 is 0 Å². The molecule has 2 aromatic rings. The molecule has 0 fully saturated rings. The maximum atomic E-state index is 12.8. The number of ether oxygens (including phenoxy) is 2. The van der Waals surface area contributed by atoms with E-state index >= 15 is 0 Å². The van der Waals surface area contributed by atoms with Gasteiger partial charge in [0.1, 0.15) is 11.4 Å². The lowest BCUT2D eigenvalue weighted by atomic mass is 10.0. The van der Waals surface area contributed by atoms with E-state index in [-0.39, 0.29) is 11.5 Å². The van der Waals surface area contributed by atoms with Crippen LogP contribution >= 0.6 is 11.3 Å². The SMILES string of the molecule is COCCn1c(C)c(C)sc1=NC(=O)c1cccc2c1OC(C)(C)C2. The first-order chi connectivity index (χ1) is 11.8. The van der Waals surface area contributed by atoms with Gasteiger partial charge in [-0.25, -0.2) is 0 Å². The number of fused-ring (bicyclic) bond motifs is 1. The molecular formula is C19H24N2O3S. The Labute approximate surface area is 151 Å². The smallest absolute Gasteiger partial charge is 0.283 e. The second kappa shape index (κ2) is 6.77. The van der Waals surface area contributed by atoms with Crippen LogP contribution in [0.5, 0.6) is 5.75 Å². The van der Waals surface area contributed by atoms with Crippen LogP contribution in [0.1, 0.15) is 40.3 Å². The minimum absolute atomic E-state index is 0.262. The van der Waals surface area contributed by atoms with Crippen LogP contribution in [0.2, 0.25) is 0 Å². The van der Waals surface area contributed by atoms with Crippen molar-refractivity contribution < 1.29 is 14.3 Å². The van der Waals surface area contributed by atoms with Gasteiger partial charge in [0.15, 0.2) is 4.80 Å². The van der Waals surface area contributed by atoms with Gasteiger partial charge in [-0.3, -0.25) is 4.79 Å². The number of aryl methyl sites for hydroxylation is 1. The summed E-state index contributed by atoms with van der Waals surface area (Å²) in [6.45, 7) is 9.40. The van der Waals surface area contributed by atoms with Crippen molar-refractivity contribution in [3.05, 3.63) is 44.7 Å². The quantitative estimate of drug-likeness (QED) is 0.841. The number of nitrogens with zero attached hydrogens (tertiary/aromatic N) is 2. The fraction of sp³-hybridized carbons (Fsp3) is 0.474. The van der Waals surface area contributed by atoms with Crippen LogP contribution in [-0.2, 0) is 17.7 Å². The van der Waals surface area contributed by atoms with Crippen LogP contribution in [0.25, 0.3) is 0 Å². The molecule has 0 bridgehead atoms. The van der Waals surface area contributed by atoms with Crippen molar-refractivity contribution in [2.24, 2.45) is 4.99 Å². The summed E-state index contributed by atoms with van der Waals surface area (Å²) < 4.78 is 13.2.